The fraction of sp³-hybridized carbons (Fsp3) is 0.500. The predicted octanol–water partition coefficient (Wildman–Crippen LogP) is -0.126. The third-order valence-electron chi connectivity index (χ3n) is 5.04. The zero-order valence-corrected chi connectivity index (χ0v) is 16.8. The van der Waals surface area contributed by atoms with Gasteiger partial charge in [-0.25, -0.2) is 9.59 Å². The summed E-state index contributed by atoms with van der Waals surface area (Å²) in [6.07, 6.45) is 1.12. The van der Waals surface area contributed by atoms with E-state index >= 15 is 0 Å². The first-order valence-electron chi connectivity index (χ1n) is 9.69. The number of hydrogen-bond donors (Lipinski definition) is 6. The molecule has 30 heavy (non-hydrogen) atoms. The normalized spacial score (nSPS) is 15.1. The van der Waals surface area contributed by atoms with Gasteiger partial charge in [0.25, 0.3) is 0 Å². The molecule has 0 aliphatic carbocycles. The number of Topliss-reactive ketones (excluding diaryl/α,β-unsaturated/α-hetero) is 2. The third-order valence-corrected chi connectivity index (χ3v) is 5.04. The number of unbranched alkanes of at least 4 members (excludes halogenated alkanes) is 2. The number of carbonyl (C=O) groups is 4. The van der Waals surface area contributed by atoms with Crippen LogP contribution in [0.25, 0.3) is 0 Å². The van der Waals surface area contributed by atoms with Crippen molar-refractivity contribution in [3.8, 4) is 0 Å². The summed E-state index contributed by atoms with van der Waals surface area (Å²) >= 11 is 0. The smallest absolute Gasteiger partial charge is 0.331 e. The number of ketones is 2. The maximum Gasteiger partial charge on any atom is 0.331 e. The van der Waals surface area contributed by atoms with E-state index in [0.717, 1.165) is 0 Å². The summed E-state index contributed by atoms with van der Waals surface area (Å²) in [6, 6.07) is 5.34. The van der Waals surface area contributed by atoms with Crippen molar-refractivity contribution < 1.29 is 29.4 Å². The van der Waals surface area contributed by atoms with Gasteiger partial charge in [-0.05, 0) is 51.6 Å². The Morgan fingerprint density at radius 1 is 0.700 bits per heavy atom. The monoisotopic (exact) mass is 422 g/mol. The number of benzene rings is 1. The van der Waals surface area contributed by atoms with Gasteiger partial charge in [-0.2, -0.15) is 0 Å². The van der Waals surface area contributed by atoms with Crippen LogP contribution in [0.3, 0.4) is 0 Å². The van der Waals surface area contributed by atoms with Gasteiger partial charge in [0.2, 0.25) is 0 Å². The molecule has 0 heterocycles. The number of aliphatic carboxylic acids is 2. The molecule has 0 spiro atoms. The summed E-state index contributed by atoms with van der Waals surface area (Å²) in [5.74, 6) is -5.09. The molecular weight excluding hydrogens is 392 g/mol. The highest BCUT2D eigenvalue weighted by atomic mass is 16.4. The standard InChI is InChI=1S/C20H30N4O6/c21-11-5-3-9-19(23,17(27)28)15(25)13-7-1-2-8-14(13)16(26)20(24,18(29)30)10-4-6-12-22/h1-2,7-8H,3-6,9-12,21-24H2,(H,27,28)(H,29,30). The Morgan fingerprint density at radius 3 is 1.30 bits per heavy atom. The van der Waals surface area contributed by atoms with Gasteiger partial charge in [-0.1, -0.05) is 24.3 Å². The van der Waals surface area contributed by atoms with E-state index in [9.17, 15) is 29.4 Å². The zero-order valence-electron chi connectivity index (χ0n) is 16.8. The fourth-order valence-corrected chi connectivity index (χ4v) is 3.09. The van der Waals surface area contributed by atoms with Crippen LogP contribution in [-0.2, 0) is 9.59 Å². The molecule has 0 fully saturated rings. The van der Waals surface area contributed by atoms with E-state index in [1.165, 1.54) is 24.3 Å². The van der Waals surface area contributed by atoms with Crippen molar-refractivity contribution in [2.45, 2.75) is 49.6 Å². The molecule has 2 atom stereocenters. The number of rotatable bonds is 14. The lowest BCUT2D eigenvalue weighted by Crippen LogP contribution is -2.57. The lowest BCUT2D eigenvalue weighted by molar-refractivity contribution is -0.142. The molecule has 10 N–H and O–H groups in total. The molecule has 10 heteroatoms. The molecule has 0 aliphatic heterocycles. The van der Waals surface area contributed by atoms with E-state index in [2.05, 4.69) is 0 Å². The highest BCUT2D eigenvalue weighted by Gasteiger charge is 2.46. The van der Waals surface area contributed by atoms with Crippen molar-refractivity contribution in [2.75, 3.05) is 13.1 Å². The van der Waals surface area contributed by atoms with E-state index < -0.39 is 34.6 Å². The number of carboxylic acid groups (broad SMARTS) is 2. The number of carbonyl (C=O) groups excluding carboxylic acids is 2. The average molecular weight is 422 g/mol. The highest BCUT2D eigenvalue weighted by Crippen LogP contribution is 2.25. The summed E-state index contributed by atoms with van der Waals surface area (Å²) < 4.78 is 0. The van der Waals surface area contributed by atoms with Gasteiger partial charge in [0.15, 0.2) is 22.6 Å². The van der Waals surface area contributed by atoms with Crippen LogP contribution in [-0.4, -0.2) is 57.9 Å². The Bertz CT molecular complexity index is 734. The van der Waals surface area contributed by atoms with Gasteiger partial charge in [0, 0.05) is 11.1 Å². The molecule has 1 aromatic carbocycles. The molecular formula is C20H30N4O6. The minimum atomic E-state index is -2.29. The van der Waals surface area contributed by atoms with E-state index in [0.29, 0.717) is 25.9 Å². The SMILES string of the molecule is NCCCCC(N)(C(=O)O)C(=O)c1ccccc1C(=O)C(N)(CCCCN)C(=O)O. The highest BCUT2D eigenvalue weighted by molar-refractivity contribution is 6.24. The molecule has 0 aromatic heterocycles. The number of carboxylic acids is 2. The summed E-state index contributed by atoms with van der Waals surface area (Å²) in [4.78, 5) is 49.8. The summed E-state index contributed by atoms with van der Waals surface area (Å²) in [5, 5.41) is 19.2. The van der Waals surface area contributed by atoms with Crippen LogP contribution in [0, 0.1) is 0 Å². The fourth-order valence-electron chi connectivity index (χ4n) is 3.09. The summed E-state index contributed by atoms with van der Waals surface area (Å²) in [5.41, 5.74) is 17.6. The molecule has 1 aromatic rings. The van der Waals surface area contributed by atoms with Crippen molar-refractivity contribution in [3.63, 3.8) is 0 Å². The minimum Gasteiger partial charge on any atom is -0.480 e. The summed E-state index contributed by atoms with van der Waals surface area (Å²) in [7, 11) is 0. The quantitative estimate of drug-likeness (QED) is 0.133. The molecule has 0 saturated heterocycles. The summed E-state index contributed by atoms with van der Waals surface area (Å²) in [6.45, 7) is 0.603. The lowest BCUT2D eigenvalue weighted by Gasteiger charge is -2.27. The van der Waals surface area contributed by atoms with Crippen LogP contribution < -0.4 is 22.9 Å². The first kappa shape index (κ1) is 25.4. The Balaban J connectivity index is 3.39. The number of hydrogen-bond acceptors (Lipinski definition) is 8. The molecule has 166 valence electrons. The van der Waals surface area contributed by atoms with Gasteiger partial charge in [-0.3, -0.25) is 9.59 Å². The maximum atomic E-state index is 13.1. The molecule has 1 rings (SSSR count). The second-order valence-corrected chi connectivity index (χ2v) is 7.25. The van der Waals surface area contributed by atoms with Gasteiger partial charge in [0.05, 0.1) is 0 Å². The first-order chi connectivity index (χ1) is 14.1. The van der Waals surface area contributed by atoms with Crippen LogP contribution in [0.2, 0.25) is 0 Å². The van der Waals surface area contributed by atoms with E-state index in [1.807, 2.05) is 0 Å². The van der Waals surface area contributed by atoms with Gasteiger partial charge < -0.3 is 33.1 Å². The second-order valence-electron chi connectivity index (χ2n) is 7.25. The molecule has 0 bridgehead atoms. The van der Waals surface area contributed by atoms with Gasteiger partial charge in [-0.15, -0.1) is 0 Å². The zero-order chi connectivity index (χ0) is 22.9. The minimum absolute atomic E-state index is 0.190. The maximum absolute atomic E-state index is 13.1. The van der Waals surface area contributed by atoms with Gasteiger partial charge >= 0.3 is 11.9 Å². The topological polar surface area (TPSA) is 213 Å². The van der Waals surface area contributed by atoms with Crippen molar-refractivity contribution in [1.82, 2.24) is 0 Å². The third kappa shape index (κ3) is 5.48. The van der Waals surface area contributed by atoms with Crippen molar-refractivity contribution in [1.29, 1.82) is 0 Å². The van der Waals surface area contributed by atoms with Crippen molar-refractivity contribution in [3.05, 3.63) is 35.4 Å². The van der Waals surface area contributed by atoms with Crippen molar-refractivity contribution in [2.24, 2.45) is 22.9 Å². The predicted molar refractivity (Wildman–Crippen MR) is 110 cm³/mol. The largest absolute Gasteiger partial charge is 0.480 e. The Labute approximate surface area is 174 Å². The van der Waals surface area contributed by atoms with E-state index in [4.69, 9.17) is 22.9 Å². The Morgan fingerprint density at radius 2 is 1.03 bits per heavy atom. The van der Waals surface area contributed by atoms with Crippen LogP contribution in [0.1, 0.15) is 59.2 Å². The molecule has 2 unspecified atom stereocenters. The van der Waals surface area contributed by atoms with Crippen LogP contribution >= 0.6 is 0 Å². The first-order valence-corrected chi connectivity index (χ1v) is 9.69. The van der Waals surface area contributed by atoms with Gasteiger partial charge in [0.1, 0.15) is 0 Å². The average Bonchev–Trinajstić information content (AvgIpc) is 2.72. The molecule has 0 aliphatic rings. The lowest BCUT2D eigenvalue weighted by atomic mass is 9.79. The molecule has 0 radical (unpaired) electrons. The van der Waals surface area contributed by atoms with Crippen LogP contribution in [0.5, 0.6) is 0 Å². The molecule has 10 nitrogen and oxygen atoms in total. The van der Waals surface area contributed by atoms with Crippen LogP contribution in [0.4, 0.5) is 0 Å². The van der Waals surface area contributed by atoms with E-state index in [-0.39, 0.29) is 36.8 Å². The Kier molecular flexibility index (Phi) is 9.24. The Hall–Kier alpha value is -2.66. The number of nitrogens with two attached hydrogens (primary N) is 4. The van der Waals surface area contributed by atoms with Crippen LogP contribution in [0.15, 0.2) is 24.3 Å². The van der Waals surface area contributed by atoms with Crippen molar-refractivity contribution >= 4 is 23.5 Å². The molecule has 0 saturated carbocycles. The molecule has 0 amide bonds. The van der Waals surface area contributed by atoms with E-state index in [1.54, 1.807) is 0 Å². The second kappa shape index (κ2) is 10.9.